The number of benzene rings is 2. The lowest BCUT2D eigenvalue weighted by molar-refractivity contribution is -0.117. The van der Waals surface area contributed by atoms with Gasteiger partial charge in [-0.1, -0.05) is 54.5 Å². The molecule has 5 rings (SSSR count). The van der Waals surface area contributed by atoms with Crippen molar-refractivity contribution in [1.29, 1.82) is 0 Å². The molecule has 1 saturated heterocycles. The van der Waals surface area contributed by atoms with E-state index in [4.69, 9.17) is 4.52 Å². The topological polar surface area (TPSA) is 72.1 Å². The van der Waals surface area contributed by atoms with Crippen molar-refractivity contribution < 1.29 is 9.32 Å². The highest BCUT2D eigenvalue weighted by Crippen LogP contribution is 2.32. The maximum atomic E-state index is 12.5. The highest BCUT2D eigenvalue weighted by molar-refractivity contribution is 7.09. The molecule has 0 aliphatic carbocycles. The number of carbonyl (C=O) groups is 1. The molecule has 150 valence electrons. The molecule has 1 atom stereocenters. The van der Waals surface area contributed by atoms with Gasteiger partial charge in [0, 0.05) is 35.2 Å². The van der Waals surface area contributed by atoms with E-state index in [1.54, 1.807) is 16.2 Å². The third-order valence-electron chi connectivity index (χ3n) is 5.28. The Bertz CT molecular complexity index is 1170. The number of nitrogens with zero attached hydrogens (tertiary/aromatic N) is 4. The quantitative estimate of drug-likeness (QED) is 0.461. The molecule has 1 fully saturated rings. The second-order valence-corrected chi connectivity index (χ2v) is 8.20. The van der Waals surface area contributed by atoms with Gasteiger partial charge in [0.15, 0.2) is 0 Å². The summed E-state index contributed by atoms with van der Waals surface area (Å²) in [6.45, 7) is 2.66. The van der Waals surface area contributed by atoms with Gasteiger partial charge in [-0.25, -0.2) is 4.98 Å². The third kappa shape index (κ3) is 3.52. The zero-order chi connectivity index (χ0) is 20.5. The number of hydrogen-bond donors (Lipinski definition) is 0. The van der Waals surface area contributed by atoms with Crippen molar-refractivity contribution in [3.05, 3.63) is 70.9 Å². The molecule has 4 aromatic rings. The Morgan fingerprint density at radius 1 is 1.07 bits per heavy atom. The van der Waals surface area contributed by atoms with E-state index in [0.717, 1.165) is 33.9 Å². The van der Waals surface area contributed by atoms with Crippen molar-refractivity contribution in [2.45, 2.75) is 25.7 Å². The average Bonchev–Trinajstić information content (AvgIpc) is 3.54. The first-order chi connectivity index (χ1) is 14.7. The van der Waals surface area contributed by atoms with E-state index in [0.29, 0.717) is 24.7 Å². The molecule has 0 N–H and O–H groups in total. The summed E-state index contributed by atoms with van der Waals surface area (Å²) in [7, 11) is 0. The summed E-state index contributed by atoms with van der Waals surface area (Å²) in [5.41, 5.74) is 3.83. The molecule has 7 heteroatoms. The van der Waals surface area contributed by atoms with Crippen LogP contribution in [0.3, 0.4) is 0 Å². The van der Waals surface area contributed by atoms with Crippen LogP contribution in [0, 0.1) is 0 Å². The minimum atomic E-state index is -0.0966. The van der Waals surface area contributed by atoms with Crippen molar-refractivity contribution in [3.63, 3.8) is 0 Å². The average molecular weight is 417 g/mol. The monoisotopic (exact) mass is 416 g/mol. The maximum Gasteiger partial charge on any atom is 0.232 e. The van der Waals surface area contributed by atoms with Gasteiger partial charge in [0.2, 0.25) is 17.6 Å². The largest absolute Gasteiger partial charge is 0.339 e. The summed E-state index contributed by atoms with van der Waals surface area (Å²) >= 11 is 1.68. The fourth-order valence-electron chi connectivity index (χ4n) is 3.64. The molecule has 3 heterocycles. The van der Waals surface area contributed by atoms with Gasteiger partial charge in [0.05, 0.1) is 16.6 Å². The Kier molecular flexibility index (Phi) is 4.88. The lowest BCUT2D eigenvalue weighted by Gasteiger charge is -2.15. The summed E-state index contributed by atoms with van der Waals surface area (Å²) in [5, 5.41) is 7.36. The molecular weight excluding hydrogens is 396 g/mol. The number of anilines is 1. The van der Waals surface area contributed by atoms with Gasteiger partial charge in [-0.2, -0.15) is 4.98 Å². The molecule has 2 aromatic heterocycles. The lowest BCUT2D eigenvalue weighted by atomic mass is 10.1. The van der Waals surface area contributed by atoms with Crippen molar-refractivity contribution in [2.75, 3.05) is 11.4 Å². The maximum absolute atomic E-state index is 12.5. The fraction of sp³-hybridized carbons (Fsp3) is 0.217. The Morgan fingerprint density at radius 2 is 1.83 bits per heavy atom. The van der Waals surface area contributed by atoms with E-state index in [1.165, 1.54) is 0 Å². The molecular formula is C23H20N4O2S. The molecule has 0 saturated carbocycles. The number of aryl methyl sites for hydroxylation is 1. The molecule has 30 heavy (non-hydrogen) atoms. The van der Waals surface area contributed by atoms with Gasteiger partial charge in [-0.05, 0) is 18.6 Å². The van der Waals surface area contributed by atoms with Crippen LogP contribution < -0.4 is 4.90 Å². The first-order valence-electron chi connectivity index (χ1n) is 9.95. The minimum absolute atomic E-state index is 0.0741. The summed E-state index contributed by atoms with van der Waals surface area (Å²) in [5.74, 6) is 1.02. The SMILES string of the molecule is CCc1nc(-c2ccc(-c3noc([C@H]4CC(=O)N(c5ccccc5)C4)n3)cc2)cs1. The van der Waals surface area contributed by atoms with Gasteiger partial charge >= 0.3 is 0 Å². The van der Waals surface area contributed by atoms with Crippen molar-refractivity contribution >= 4 is 22.9 Å². The highest BCUT2D eigenvalue weighted by Gasteiger charge is 2.35. The van der Waals surface area contributed by atoms with E-state index >= 15 is 0 Å². The smallest absolute Gasteiger partial charge is 0.232 e. The third-order valence-corrected chi connectivity index (χ3v) is 6.27. The van der Waals surface area contributed by atoms with Crippen LogP contribution in [0.25, 0.3) is 22.6 Å². The first kappa shape index (κ1) is 18.7. The highest BCUT2D eigenvalue weighted by atomic mass is 32.1. The summed E-state index contributed by atoms with van der Waals surface area (Å²) < 4.78 is 5.52. The van der Waals surface area contributed by atoms with Crippen LogP contribution in [0.2, 0.25) is 0 Å². The summed E-state index contributed by atoms with van der Waals surface area (Å²) in [6, 6.07) is 17.7. The zero-order valence-corrected chi connectivity index (χ0v) is 17.3. The fourth-order valence-corrected chi connectivity index (χ4v) is 4.40. The molecule has 1 amide bonds. The van der Waals surface area contributed by atoms with Gasteiger partial charge in [-0.3, -0.25) is 4.79 Å². The van der Waals surface area contributed by atoms with E-state index in [-0.39, 0.29) is 11.8 Å². The second-order valence-electron chi connectivity index (χ2n) is 7.25. The van der Waals surface area contributed by atoms with E-state index in [9.17, 15) is 4.79 Å². The standard InChI is InChI=1S/C23H20N4O2S/c1-2-20-24-19(14-30-20)15-8-10-16(11-9-15)22-25-23(29-26-22)17-12-21(28)27(13-17)18-6-4-3-5-7-18/h3-11,14,17H,2,12-13H2,1H3/t17-/m0/s1. The Labute approximate surface area is 178 Å². The number of amides is 1. The van der Waals surface area contributed by atoms with Crippen LogP contribution in [0.5, 0.6) is 0 Å². The number of aromatic nitrogens is 3. The Morgan fingerprint density at radius 3 is 2.57 bits per heavy atom. The Balaban J connectivity index is 1.33. The van der Waals surface area contributed by atoms with Crippen LogP contribution >= 0.6 is 11.3 Å². The predicted octanol–water partition coefficient (Wildman–Crippen LogP) is 4.94. The zero-order valence-electron chi connectivity index (χ0n) is 16.5. The first-order valence-corrected chi connectivity index (χ1v) is 10.8. The van der Waals surface area contributed by atoms with Crippen LogP contribution in [0.1, 0.15) is 30.2 Å². The molecule has 1 aliphatic heterocycles. The van der Waals surface area contributed by atoms with Gasteiger partial charge in [0.1, 0.15) is 0 Å². The minimum Gasteiger partial charge on any atom is -0.339 e. The van der Waals surface area contributed by atoms with Crippen molar-refractivity contribution in [2.24, 2.45) is 0 Å². The van der Waals surface area contributed by atoms with Crippen LogP contribution in [-0.2, 0) is 11.2 Å². The normalized spacial score (nSPS) is 16.4. The summed E-state index contributed by atoms with van der Waals surface area (Å²) in [4.78, 5) is 23.4. The number of carbonyl (C=O) groups excluding carboxylic acids is 1. The number of hydrogen-bond acceptors (Lipinski definition) is 6. The summed E-state index contributed by atoms with van der Waals surface area (Å²) in [6.07, 6.45) is 1.32. The molecule has 0 spiro atoms. The number of para-hydroxylation sites is 1. The van der Waals surface area contributed by atoms with Crippen molar-refractivity contribution in [3.8, 4) is 22.6 Å². The molecule has 0 radical (unpaired) electrons. The van der Waals surface area contributed by atoms with Gasteiger partial charge in [0.25, 0.3) is 0 Å². The van der Waals surface area contributed by atoms with Crippen LogP contribution in [0.4, 0.5) is 5.69 Å². The van der Waals surface area contributed by atoms with Crippen molar-refractivity contribution in [1.82, 2.24) is 15.1 Å². The van der Waals surface area contributed by atoms with E-state index in [2.05, 4.69) is 27.4 Å². The Hall–Kier alpha value is -3.32. The lowest BCUT2D eigenvalue weighted by Crippen LogP contribution is -2.24. The number of rotatable bonds is 5. The molecule has 1 aliphatic rings. The van der Waals surface area contributed by atoms with E-state index in [1.807, 2.05) is 54.6 Å². The van der Waals surface area contributed by atoms with Crippen LogP contribution in [0.15, 0.2) is 64.5 Å². The molecule has 6 nitrogen and oxygen atoms in total. The molecule has 0 bridgehead atoms. The van der Waals surface area contributed by atoms with E-state index < -0.39 is 0 Å². The molecule has 0 unspecified atom stereocenters. The van der Waals surface area contributed by atoms with Gasteiger partial charge < -0.3 is 9.42 Å². The van der Waals surface area contributed by atoms with Gasteiger partial charge in [-0.15, -0.1) is 11.3 Å². The number of thiazole rings is 1. The van der Waals surface area contributed by atoms with Crippen LogP contribution in [-0.4, -0.2) is 27.6 Å². The second kappa shape index (κ2) is 7.84. The molecule has 2 aromatic carbocycles. The predicted molar refractivity (Wildman–Crippen MR) is 116 cm³/mol.